The van der Waals surface area contributed by atoms with E-state index in [9.17, 15) is 14.0 Å². The highest BCUT2D eigenvalue weighted by Gasteiger charge is 2.34. The highest BCUT2D eigenvalue weighted by molar-refractivity contribution is 8.26. The van der Waals surface area contributed by atoms with E-state index >= 15 is 0 Å². The Bertz CT molecular complexity index is 962. The number of thiocarbonyl (C=S) groups is 1. The van der Waals surface area contributed by atoms with Crippen LogP contribution in [0.4, 0.5) is 4.39 Å². The van der Waals surface area contributed by atoms with Gasteiger partial charge >= 0.3 is 0 Å². The molecule has 0 unspecified atom stereocenters. The van der Waals surface area contributed by atoms with Crippen molar-refractivity contribution in [2.45, 2.75) is 6.92 Å². The van der Waals surface area contributed by atoms with Crippen LogP contribution < -0.4 is 5.43 Å². The van der Waals surface area contributed by atoms with Crippen LogP contribution in [0.5, 0.6) is 0 Å². The largest absolute Gasteiger partial charge is 0.285 e. The van der Waals surface area contributed by atoms with Gasteiger partial charge in [0.2, 0.25) is 0 Å². The van der Waals surface area contributed by atoms with E-state index in [1.807, 2.05) is 6.92 Å². The summed E-state index contributed by atoms with van der Waals surface area (Å²) < 4.78 is 13.5. The smallest absolute Gasteiger partial charge is 0.267 e. The van der Waals surface area contributed by atoms with Crippen molar-refractivity contribution in [3.05, 3.63) is 74.9 Å². The molecule has 0 radical (unpaired) electrons. The monoisotopic (exact) mass is 406 g/mol. The molecule has 0 spiro atoms. The predicted octanol–water partition coefficient (Wildman–Crippen LogP) is 4.33. The second kappa shape index (κ2) is 7.57. The molecule has 1 fully saturated rings. The maximum Gasteiger partial charge on any atom is 0.285 e. The summed E-state index contributed by atoms with van der Waals surface area (Å²) in [6, 6.07) is 10.8. The number of aryl methyl sites for hydroxylation is 1. The molecule has 1 N–H and O–H groups in total. The Morgan fingerprint density at radius 1 is 1.31 bits per heavy atom. The molecular weight excluding hydrogens is 395 g/mol. The molecule has 1 aliphatic rings. The van der Waals surface area contributed by atoms with Gasteiger partial charge in [0.05, 0.1) is 15.5 Å². The molecule has 132 valence electrons. The van der Waals surface area contributed by atoms with Crippen LogP contribution in [0.2, 0.25) is 5.02 Å². The summed E-state index contributed by atoms with van der Waals surface area (Å²) in [4.78, 5) is 25.2. The normalized spacial score (nSPS) is 15.7. The maximum absolute atomic E-state index is 13.3. The standard InChI is InChI=1S/C18H12ClFN2O2S2/c1-10-5-6-13(14(19)7-10)16(23)21-22-17(24)15(26-18(22)25)9-11-3-2-4-12(20)8-11/h2-9H,1H3,(H,21,23)/b15-9+. The van der Waals surface area contributed by atoms with Gasteiger partial charge in [-0.15, -0.1) is 0 Å². The minimum absolute atomic E-state index is 0.175. The average molecular weight is 407 g/mol. The van der Waals surface area contributed by atoms with Crippen molar-refractivity contribution in [1.29, 1.82) is 0 Å². The van der Waals surface area contributed by atoms with Crippen LogP contribution in [0.25, 0.3) is 6.08 Å². The number of hydrogen-bond donors (Lipinski definition) is 1. The molecule has 0 aromatic heterocycles. The maximum atomic E-state index is 13.3. The van der Waals surface area contributed by atoms with E-state index in [4.69, 9.17) is 23.8 Å². The Labute approximate surface area is 164 Å². The number of hydrazine groups is 1. The fourth-order valence-electron chi connectivity index (χ4n) is 2.28. The van der Waals surface area contributed by atoms with Crippen LogP contribution in [0.15, 0.2) is 47.4 Å². The molecule has 3 rings (SSSR count). The van der Waals surface area contributed by atoms with Crippen molar-refractivity contribution in [2.75, 3.05) is 0 Å². The lowest BCUT2D eigenvalue weighted by Gasteiger charge is -2.16. The van der Waals surface area contributed by atoms with Crippen molar-refractivity contribution in [3.63, 3.8) is 0 Å². The van der Waals surface area contributed by atoms with Gasteiger partial charge in [0.1, 0.15) is 5.82 Å². The Balaban J connectivity index is 1.80. The van der Waals surface area contributed by atoms with Crippen molar-refractivity contribution < 1.29 is 14.0 Å². The zero-order valence-corrected chi connectivity index (χ0v) is 15.8. The van der Waals surface area contributed by atoms with Gasteiger partial charge in [0.25, 0.3) is 11.8 Å². The molecule has 8 heteroatoms. The highest BCUT2D eigenvalue weighted by atomic mass is 35.5. The van der Waals surface area contributed by atoms with E-state index in [1.54, 1.807) is 30.3 Å². The van der Waals surface area contributed by atoms with E-state index in [0.29, 0.717) is 5.56 Å². The van der Waals surface area contributed by atoms with Gasteiger partial charge in [-0.2, -0.15) is 5.01 Å². The van der Waals surface area contributed by atoms with Crippen molar-refractivity contribution in [1.82, 2.24) is 10.4 Å². The van der Waals surface area contributed by atoms with Gasteiger partial charge < -0.3 is 0 Å². The first-order chi connectivity index (χ1) is 12.3. The van der Waals surface area contributed by atoms with Crippen molar-refractivity contribution in [2.24, 2.45) is 0 Å². The van der Waals surface area contributed by atoms with Crippen LogP contribution in [-0.4, -0.2) is 21.1 Å². The molecule has 0 bridgehead atoms. The predicted molar refractivity (Wildman–Crippen MR) is 105 cm³/mol. The summed E-state index contributed by atoms with van der Waals surface area (Å²) in [7, 11) is 0. The lowest BCUT2D eigenvalue weighted by Crippen LogP contribution is -2.44. The average Bonchev–Trinajstić information content (AvgIpc) is 2.82. The molecule has 2 aromatic rings. The minimum Gasteiger partial charge on any atom is -0.267 e. The first-order valence-corrected chi connectivity index (χ1v) is 9.06. The van der Waals surface area contributed by atoms with Crippen LogP contribution in [-0.2, 0) is 4.79 Å². The number of carbonyl (C=O) groups excluding carboxylic acids is 2. The number of nitrogens with one attached hydrogen (secondary N) is 1. The van der Waals surface area contributed by atoms with Crippen LogP contribution in [0.1, 0.15) is 21.5 Å². The zero-order chi connectivity index (χ0) is 18.8. The quantitative estimate of drug-likeness (QED) is 0.608. The van der Waals surface area contributed by atoms with E-state index in [2.05, 4.69) is 5.43 Å². The molecule has 2 aromatic carbocycles. The van der Waals surface area contributed by atoms with Gasteiger partial charge in [0.15, 0.2) is 4.32 Å². The summed E-state index contributed by atoms with van der Waals surface area (Å²) in [6.45, 7) is 1.85. The lowest BCUT2D eigenvalue weighted by molar-refractivity contribution is -0.123. The molecule has 0 atom stereocenters. The molecule has 1 heterocycles. The van der Waals surface area contributed by atoms with Crippen molar-refractivity contribution in [3.8, 4) is 0 Å². The van der Waals surface area contributed by atoms with Gasteiger partial charge in [-0.1, -0.05) is 41.6 Å². The third-order valence-corrected chi connectivity index (χ3v) is 5.14. The van der Waals surface area contributed by atoms with Crippen LogP contribution >= 0.6 is 35.6 Å². The van der Waals surface area contributed by atoms with Crippen LogP contribution in [0, 0.1) is 12.7 Å². The summed E-state index contributed by atoms with van der Waals surface area (Å²) >= 11 is 12.3. The van der Waals surface area contributed by atoms with E-state index in [0.717, 1.165) is 22.3 Å². The first-order valence-electron chi connectivity index (χ1n) is 7.46. The number of nitrogens with zero attached hydrogens (tertiary/aromatic N) is 1. The SMILES string of the molecule is Cc1ccc(C(=O)NN2C(=O)/C(=C\c3cccc(F)c3)SC2=S)c(Cl)c1. The van der Waals surface area contributed by atoms with Gasteiger partial charge in [0, 0.05) is 0 Å². The summed E-state index contributed by atoms with van der Waals surface area (Å²) in [5.74, 6) is -1.43. The van der Waals surface area contributed by atoms with Gasteiger partial charge in [-0.25, -0.2) is 4.39 Å². The number of benzene rings is 2. The summed E-state index contributed by atoms with van der Waals surface area (Å²) in [5.41, 5.74) is 4.14. The molecule has 1 aliphatic heterocycles. The number of thioether (sulfide) groups is 1. The molecule has 0 aliphatic carbocycles. The number of rotatable bonds is 3. The Kier molecular flexibility index (Phi) is 5.41. The second-order valence-electron chi connectivity index (χ2n) is 5.50. The number of halogens is 2. The number of carbonyl (C=O) groups is 2. The lowest BCUT2D eigenvalue weighted by atomic mass is 10.1. The zero-order valence-electron chi connectivity index (χ0n) is 13.5. The fraction of sp³-hybridized carbons (Fsp3) is 0.0556. The van der Waals surface area contributed by atoms with Crippen molar-refractivity contribution >= 4 is 57.8 Å². The van der Waals surface area contributed by atoms with Gasteiger partial charge in [-0.05, 0) is 60.6 Å². The third kappa shape index (κ3) is 3.95. The van der Waals surface area contributed by atoms with E-state index < -0.39 is 17.6 Å². The Morgan fingerprint density at radius 3 is 2.77 bits per heavy atom. The Hall–Kier alpha value is -2.22. The molecule has 4 nitrogen and oxygen atoms in total. The molecule has 2 amide bonds. The fourth-order valence-corrected chi connectivity index (χ4v) is 3.78. The van der Waals surface area contributed by atoms with Crippen LogP contribution in [0.3, 0.4) is 0 Å². The second-order valence-corrected chi connectivity index (χ2v) is 7.58. The molecule has 0 saturated carbocycles. The van der Waals surface area contributed by atoms with E-state index in [-0.39, 0.29) is 19.8 Å². The first kappa shape index (κ1) is 18.6. The summed E-state index contributed by atoms with van der Waals surface area (Å²) in [5, 5.41) is 1.27. The number of hydrogen-bond acceptors (Lipinski definition) is 4. The Morgan fingerprint density at radius 2 is 2.08 bits per heavy atom. The molecule has 26 heavy (non-hydrogen) atoms. The topological polar surface area (TPSA) is 49.4 Å². The number of amides is 2. The summed E-state index contributed by atoms with van der Waals surface area (Å²) in [6.07, 6.45) is 1.52. The highest BCUT2D eigenvalue weighted by Crippen LogP contribution is 2.31. The molecular formula is C18H12ClFN2O2S2. The third-order valence-electron chi connectivity index (χ3n) is 3.52. The minimum atomic E-state index is -0.543. The van der Waals surface area contributed by atoms with E-state index in [1.165, 1.54) is 18.2 Å². The molecule has 1 saturated heterocycles. The van der Waals surface area contributed by atoms with Gasteiger partial charge in [-0.3, -0.25) is 15.0 Å².